The smallest absolute Gasteiger partial charge is 0.227 e. The van der Waals surface area contributed by atoms with Gasteiger partial charge in [-0.05, 0) is 36.6 Å². The molecule has 1 heterocycles. The van der Waals surface area contributed by atoms with E-state index in [1.165, 1.54) is 24.8 Å². The Morgan fingerprint density at radius 2 is 1.64 bits per heavy atom. The van der Waals surface area contributed by atoms with Crippen molar-refractivity contribution in [1.29, 1.82) is 0 Å². The molecule has 0 aliphatic heterocycles. The Labute approximate surface area is 130 Å². The molecule has 2 aromatic carbocycles. The van der Waals surface area contributed by atoms with E-state index in [9.17, 15) is 0 Å². The van der Waals surface area contributed by atoms with Crippen LogP contribution in [0.1, 0.15) is 37.7 Å². The van der Waals surface area contributed by atoms with Crippen LogP contribution in [0.5, 0.6) is 0 Å². The molecule has 1 aromatic heterocycles. The largest absolute Gasteiger partial charge is 0.436 e. The van der Waals surface area contributed by atoms with Gasteiger partial charge in [-0.3, -0.25) is 0 Å². The van der Waals surface area contributed by atoms with Gasteiger partial charge in [0.15, 0.2) is 5.58 Å². The van der Waals surface area contributed by atoms with Crippen LogP contribution in [0.2, 0.25) is 0 Å². The summed E-state index contributed by atoms with van der Waals surface area (Å²) in [7, 11) is 0. The van der Waals surface area contributed by atoms with Gasteiger partial charge in [-0.2, -0.15) is 0 Å². The monoisotopic (exact) mass is 292 g/mol. The third-order valence-electron chi connectivity index (χ3n) is 4.73. The Kier molecular flexibility index (Phi) is 3.23. The lowest BCUT2D eigenvalue weighted by Crippen LogP contribution is -2.39. The van der Waals surface area contributed by atoms with Gasteiger partial charge >= 0.3 is 0 Å². The van der Waals surface area contributed by atoms with E-state index < -0.39 is 0 Å². The Morgan fingerprint density at radius 3 is 2.45 bits per heavy atom. The van der Waals surface area contributed by atoms with E-state index in [-0.39, 0.29) is 5.54 Å². The Balaban J connectivity index is 1.85. The molecule has 0 spiro atoms. The minimum absolute atomic E-state index is 0.254. The predicted molar refractivity (Wildman–Crippen MR) is 88.4 cm³/mol. The molecule has 1 saturated carbocycles. The molecule has 112 valence electrons. The van der Waals surface area contributed by atoms with Crippen LogP contribution in [-0.4, -0.2) is 4.98 Å². The predicted octanol–water partition coefficient (Wildman–Crippen LogP) is 4.61. The van der Waals surface area contributed by atoms with Crippen LogP contribution in [-0.2, 0) is 5.54 Å². The quantitative estimate of drug-likeness (QED) is 0.750. The van der Waals surface area contributed by atoms with Crippen molar-refractivity contribution in [1.82, 2.24) is 4.98 Å². The van der Waals surface area contributed by atoms with Gasteiger partial charge in [0.05, 0.1) is 0 Å². The third kappa shape index (κ3) is 2.22. The molecule has 0 atom stereocenters. The SMILES string of the molecule is NC1(c2ccccc2-c2nc3ccccc3o2)CCCCC1. The van der Waals surface area contributed by atoms with Crippen LogP contribution in [0.25, 0.3) is 22.6 Å². The lowest BCUT2D eigenvalue weighted by molar-refractivity contribution is 0.302. The van der Waals surface area contributed by atoms with Crippen molar-refractivity contribution in [2.75, 3.05) is 0 Å². The second kappa shape index (κ2) is 5.25. The average molecular weight is 292 g/mol. The number of benzene rings is 2. The molecular weight excluding hydrogens is 272 g/mol. The first-order valence-electron chi connectivity index (χ1n) is 8.01. The van der Waals surface area contributed by atoms with Gasteiger partial charge in [0.25, 0.3) is 0 Å². The van der Waals surface area contributed by atoms with E-state index in [0.717, 1.165) is 29.5 Å². The van der Waals surface area contributed by atoms with E-state index in [1.54, 1.807) is 0 Å². The maximum Gasteiger partial charge on any atom is 0.227 e. The standard InChI is InChI=1S/C19H20N2O/c20-19(12-6-1-7-13-19)15-9-3-2-8-14(15)18-21-16-10-4-5-11-17(16)22-18/h2-5,8-11H,1,6-7,12-13,20H2. The summed E-state index contributed by atoms with van der Waals surface area (Å²) in [5.74, 6) is 0.673. The summed E-state index contributed by atoms with van der Waals surface area (Å²) in [4.78, 5) is 4.65. The second-order valence-electron chi connectivity index (χ2n) is 6.25. The lowest BCUT2D eigenvalue weighted by Gasteiger charge is -2.35. The highest BCUT2D eigenvalue weighted by Gasteiger charge is 2.32. The summed E-state index contributed by atoms with van der Waals surface area (Å²) >= 11 is 0. The molecule has 0 radical (unpaired) electrons. The van der Waals surface area contributed by atoms with Gasteiger partial charge in [-0.15, -0.1) is 0 Å². The highest BCUT2D eigenvalue weighted by molar-refractivity contribution is 5.76. The molecule has 0 bridgehead atoms. The highest BCUT2D eigenvalue weighted by Crippen LogP contribution is 2.39. The molecule has 22 heavy (non-hydrogen) atoms. The Bertz CT molecular complexity index is 767. The summed E-state index contributed by atoms with van der Waals surface area (Å²) in [6, 6.07) is 16.2. The van der Waals surface area contributed by atoms with Crippen LogP contribution >= 0.6 is 0 Å². The first-order valence-corrected chi connectivity index (χ1v) is 8.01. The second-order valence-corrected chi connectivity index (χ2v) is 6.25. The Hall–Kier alpha value is -2.13. The number of hydrogen-bond donors (Lipinski definition) is 1. The topological polar surface area (TPSA) is 52.0 Å². The molecule has 0 amide bonds. The molecule has 0 saturated heterocycles. The molecule has 0 unspecified atom stereocenters. The zero-order valence-corrected chi connectivity index (χ0v) is 12.6. The zero-order valence-electron chi connectivity index (χ0n) is 12.6. The van der Waals surface area contributed by atoms with Crippen LogP contribution in [0.3, 0.4) is 0 Å². The van der Waals surface area contributed by atoms with Crippen molar-refractivity contribution in [3.8, 4) is 11.5 Å². The van der Waals surface area contributed by atoms with Crippen molar-refractivity contribution in [2.24, 2.45) is 5.73 Å². The molecule has 3 heteroatoms. The summed E-state index contributed by atoms with van der Waals surface area (Å²) < 4.78 is 5.96. The maximum atomic E-state index is 6.74. The fourth-order valence-corrected chi connectivity index (χ4v) is 3.54. The van der Waals surface area contributed by atoms with Crippen LogP contribution < -0.4 is 5.73 Å². The van der Waals surface area contributed by atoms with Gasteiger partial charge in [-0.1, -0.05) is 49.6 Å². The van der Waals surface area contributed by atoms with Crippen molar-refractivity contribution >= 4 is 11.1 Å². The van der Waals surface area contributed by atoms with E-state index in [4.69, 9.17) is 10.2 Å². The van der Waals surface area contributed by atoms with Gasteiger partial charge in [-0.25, -0.2) is 4.98 Å². The average Bonchev–Trinajstić information content (AvgIpc) is 2.99. The van der Waals surface area contributed by atoms with Crippen LogP contribution in [0.15, 0.2) is 52.9 Å². The molecule has 4 rings (SSSR count). The van der Waals surface area contributed by atoms with Crippen LogP contribution in [0, 0.1) is 0 Å². The number of fused-ring (bicyclic) bond motifs is 1. The fraction of sp³-hybridized carbons (Fsp3) is 0.316. The van der Waals surface area contributed by atoms with Crippen molar-refractivity contribution in [2.45, 2.75) is 37.6 Å². The Morgan fingerprint density at radius 1 is 0.909 bits per heavy atom. The molecule has 1 aliphatic carbocycles. The van der Waals surface area contributed by atoms with E-state index in [0.29, 0.717) is 5.89 Å². The fourth-order valence-electron chi connectivity index (χ4n) is 3.54. The first kappa shape index (κ1) is 13.5. The van der Waals surface area contributed by atoms with Gasteiger partial charge in [0, 0.05) is 11.1 Å². The summed E-state index contributed by atoms with van der Waals surface area (Å²) in [6.45, 7) is 0. The van der Waals surface area contributed by atoms with E-state index in [2.05, 4.69) is 23.2 Å². The molecular formula is C19H20N2O. The summed E-state index contributed by atoms with van der Waals surface area (Å²) in [5.41, 5.74) is 10.4. The summed E-state index contributed by atoms with van der Waals surface area (Å²) in [5, 5.41) is 0. The number of aromatic nitrogens is 1. The number of para-hydroxylation sites is 2. The third-order valence-corrected chi connectivity index (χ3v) is 4.73. The molecule has 1 aliphatic rings. The van der Waals surface area contributed by atoms with Gasteiger partial charge in [0.2, 0.25) is 5.89 Å². The normalized spacial score (nSPS) is 17.7. The number of rotatable bonds is 2. The molecule has 3 aromatic rings. The van der Waals surface area contributed by atoms with E-state index in [1.807, 2.05) is 30.3 Å². The number of hydrogen-bond acceptors (Lipinski definition) is 3. The summed E-state index contributed by atoms with van der Waals surface area (Å²) in [6.07, 6.45) is 5.73. The molecule has 3 nitrogen and oxygen atoms in total. The first-order chi connectivity index (χ1) is 10.8. The number of nitrogens with zero attached hydrogens (tertiary/aromatic N) is 1. The zero-order chi connectivity index (χ0) is 15.0. The maximum absolute atomic E-state index is 6.74. The number of oxazole rings is 1. The van der Waals surface area contributed by atoms with Crippen molar-refractivity contribution in [3.05, 3.63) is 54.1 Å². The molecule has 1 fully saturated rings. The molecule has 2 N–H and O–H groups in total. The lowest BCUT2D eigenvalue weighted by atomic mass is 9.76. The minimum atomic E-state index is -0.254. The highest BCUT2D eigenvalue weighted by atomic mass is 16.3. The number of nitrogens with two attached hydrogens (primary N) is 1. The van der Waals surface area contributed by atoms with Crippen LogP contribution in [0.4, 0.5) is 0 Å². The van der Waals surface area contributed by atoms with E-state index >= 15 is 0 Å². The van der Waals surface area contributed by atoms with Gasteiger partial charge < -0.3 is 10.2 Å². The van der Waals surface area contributed by atoms with Crippen molar-refractivity contribution in [3.63, 3.8) is 0 Å². The van der Waals surface area contributed by atoms with Gasteiger partial charge in [0.1, 0.15) is 5.52 Å². The minimum Gasteiger partial charge on any atom is -0.436 e. The van der Waals surface area contributed by atoms with Crippen molar-refractivity contribution < 1.29 is 4.42 Å².